The van der Waals surface area contributed by atoms with Gasteiger partial charge in [-0.05, 0) is 56.4 Å². The second kappa shape index (κ2) is 12.5. The first-order valence-electron chi connectivity index (χ1n) is 13.2. The first kappa shape index (κ1) is 27.0. The SMILES string of the molecule is CCOC(=O)c1c(NC(=O)CSc2cn(CCNC(=O)c3ccccc3)c3ccccc23)sc2c1CCCC2. The number of hydrogen-bond donors (Lipinski definition) is 2. The van der Waals surface area contributed by atoms with Crippen molar-refractivity contribution in [3.63, 3.8) is 0 Å². The second-order valence-electron chi connectivity index (χ2n) is 9.30. The Bertz CT molecular complexity index is 1490. The summed E-state index contributed by atoms with van der Waals surface area (Å²) in [6.07, 6.45) is 5.95. The van der Waals surface area contributed by atoms with E-state index in [-0.39, 0.29) is 23.5 Å². The van der Waals surface area contributed by atoms with Crippen LogP contribution in [0.4, 0.5) is 5.00 Å². The Balaban J connectivity index is 1.25. The van der Waals surface area contributed by atoms with Crippen molar-refractivity contribution >= 4 is 56.8 Å². The molecule has 2 aromatic heterocycles. The van der Waals surface area contributed by atoms with Gasteiger partial charge in [-0.25, -0.2) is 4.79 Å². The zero-order chi connectivity index (χ0) is 27.2. The average Bonchev–Trinajstić information content (AvgIpc) is 3.50. The quantitative estimate of drug-likeness (QED) is 0.185. The van der Waals surface area contributed by atoms with Crippen LogP contribution in [0, 0.1) is 0 Å². The number of nitrogens with zero attached hydrogens (tertiary/aromatic N) is 1. The number of ether oxygens (including phenoxy) is 1. The molecule has 0 atom stereocenters. The zero-order valence-corrected chi connectivity index (χ0v) is 23.5. The van der Waals surface area contributed by atoms with Gasteiger partial charge in [-0.1, -0.05) is 36.4 Å². The van der Waals surface area contributed by atoms with Crippen LogP contribution in [0.1, 0.15) is 50.9 Å². The van der Waals surface area contributed by atoms with Gasteiger partial charge in [-0.15, -0.1) is 23.1 Å². The van der Waals surface area contributed by atoms with Crippen LogP contribution in [-0.2, 0) is 28.9 Å². The maximum Gasteiger partial charge on any atom is 0.341 e. The molecule has 0 unspecified atom stereocenters. The van der Waals surface area contributed by atoms with Crippen LogP contribution in [0.5, 0.6) is 0 Å². The largest absolute Gasteiger partial charge is 0.462 e. The van der Waals surface area contributed by atoms with Crippen LogP contribution in [-0.4, -0.2) is 41.3 Å². The summed E-state index contributed by atoms with van der Waals surface area (Å²) in [6.45, 7) is 3.18. The van der Waals surface area contributed by atoms with E-state index in [1.807, 2.05) is 48.7 Å². The number of carbonyl (C=O) groups is 3. The number of amides is 2. The fraction of sp³-hybridized carbons (Fsp3) is 0.300. The molecule has 4 aromatic rings. The number of thiophene rings is 1. The molecular formula is C30H31N3O4S2. The maximum absolute atomic E-state index is 13.0. The van der Waals surface area contributed by atoms with Crippen LogP contribution in [0.15, 0.2) is 65.7 Å². The molecule has 0 saturated carbocycles. The Morgan fingerprint density at radius 3 is 2.62 bits per heavy atom. The lowest BCUT2D eigenvalue weighted by atomic mass is 9.95. The minimum atomic E-state index is -0.359. The Morgan fingerprint density at radius 2 is 1.79 bits per heavy atom. The number of nitrogens with one attached hydrogen (secondary N) is 2. The summed E-state index contributed by atoms with van der Waals surface area (Å²) >= 11 is 2.96. The highest BCUT2D eigenvalue weighted by molar-refractivity contribution is 8.00. The molecule has 0 aliphatic heterocycles. The summed E-state index contributed by atoms with van der Waals surface area (Å²) in [7, 11) is 0. The summed E-state index contributed by atoms with van der Waals surface area (Å²) in [5, 5.41) is 7.63. The van der Waals surface area contributed by atoms with E-state index in [1.165, 1.54) is 28.0 Å². The van der Waals surface area contributed by atoms with Gasteiger partial charge in [-0.3, -0.25) is 9.59 Å². The number of benzene rings is 2. The summed E-state index contributed by atoms with van der Waals surface area (Å²) in [6, 6.07) is 17.2. The summed E-state index contributed by atoms with van der Waals surface area (Å²) < 4.78 is 7.41. The number of carbonyl (C=O) groups excluding carboxylic acids is 3. The fourth-order valence-corrected chi connectivity index (χ4v) is 7.06. The van der Waals surface area contributed by atoms with Crippen LogP contribution < -0.4 is 10.6 Å². The number of para-hydroxylation sites is 1. The van der Waals surface area contributed by atoms with Crippen LogP contribution in [0.3, 0.4) is 0 Å². The number of rotatable bonds is 10. The normalized spacial score (nSPS) is 12.6. The summed E-state index contributed by atoms with van der Waals surface area (Å²) in [5.41, 5.74) is 3.25. The second-order valence-corrected chi connectivity index (χ2v) is 11.4. The third-order valence-corrected chi connectivity index (χ3v) is 8.94. The Hall–Kier alpha value is -3.56. The van der Waals surface area contributed by atoms with Crippen molar-refractivity contribution in [2.75, 3.05) is 24.2 Å². The lowest BCUT2D eigenvalue weighted by Gasteiger charge is -2.12. The standard InChI is InChI=1S/C30H31N3O4S2/c1-2-37-30(36)27-22-13-7-9-15-24(22)39-29(27)32-26(34)19-38-25-18-33(23-14-8-6-12-21(23)25)17-16-31-28(35)20-10-4-3-5-11-20/h3-6,8,10-12,14,18H,2,7,9,13,15-17,19H2,1H3,(H,31,35)(H,32,34). The highest BCUT2D eigenvalue weighted by Crippen LogP contribution is 2.39. The molecule has 2 aromatic carbocycles. The molecule has 202 valence electrons. The van der Waals surface area contributed by atoms with E-state index >= 15 is 0 Å². The zero-order valence-electron chi connectivity index (χ0n) is 21.8. The molecule has 2 heterocycles. The number of fused-ring (bicyclic) bond motifs is 2. The molecule has 7 nitrogen and oxygen atoms in total. The van der Waals surface area contributed by atoms with Gasteiger partial charge in [0, 0.05) is 45.5 Å². The summed E-state index contributed by atoms with van der Waals surface area (Å²) in [5.74, 6) is -0.405. The molecule has 9 heteroatoms. The van der Waals surface area contributed by atoms with Gasteiger partial charge in [0.2, 0.25) is 5.91 Å². The Morgan fingerprint density at radius 1 is 1.03 bits per heavy atom. The predicted molar refractivity (Wildman–Crippen MR) is 157 cm³/mol. The minimum absolute atomic E-state index is 0.101. The van der Waals surface area contributed by atoms with Crippen molar-refractivity contribution in [1.29, 1.82) is 0 Å². The van der Waals surface area contributed by atoms with E-state index in [0.29, 0.717) is 35.8 Å². The van der Waals surface area contributed by atoms with Gasteiger partial charge in [-0.2, -0.15) is 0 Å². The van der Waals surface area contributed by atoms with E-state index in [0.717, 1.165) is 47.0 Å². The van der Waals surface area contributed by atoms with Gasteiger partial charge in [0.05, 0.1) is 17.9 Å². The predicted octanol–water partition coefficient (Wildman–Crippen LogP) is 5.92. The van der Waals surface area contributed by atoms with Crippen LogP contribution >= 0.6 is 23.1 Å². The lowest BCUT2D eigenvalue weighted by molar-refractivity contribution is -0.113. The molecule has 1 aliphatic rings. The third kappa shape index (κ3) is 6.20. The number of aryl methyl sites for hydroxylation is 1. The van der Waals surface area contributed by atoms with Crippen molar-refractivity contribution in [1.82, 2.24) is 9.88 Å². The average molecular weight is 562 g/mol. The van der Waals surface area contributed by atoms with Crippen molar-refractivity contribution in [3.05, 3.63) is 82.4 Å². The minimum Gasteiger partial charge on any atom is -0.462 e. The monoisotopic (exact) mass is 561 g/mol. The highest BCUT2D eigenvalue weighted by Gasteiger charge is 2.27. The molecule has 1 aliphatic carbocycles. The van der Waals surface area contributed by atoms with Gasteiger partial charge in [0.1, 0.15) is 5.00 Å². The molecule has 0 radical (unpaired) electrons. The molecular weight excluding hydrogens is 530 g/mol. The van der Waals surface area contributed by atoms with E-state index in [9.17, 15) is 14.4 Å². The van der Waals surface area contributed by atoms with Crippen molar-refractivity contribution in [2.24, 2.45) is 0 Å². The van der Waals surface area contributed by atoms with Crippen LogP contribution in [0.2, 0.25) is 0 Å². The highest BCUT2D eigenvalue weighted by atomic mass is 32.2. The van der Waals surface area contributed by atoms with E-state index in [2.05, 4.69) is 15.2 Å². The molecule has 2 amide bonds. The Labute approximate surface area is 235 Å². The first-order chi connectivity index (χ1) is 19.0. The number of esters is 1. The van der Waals surface area contributed by atoms with Gasteiger partial charge >= 0.3 is 5.97 Å². The lowest BCUT2D eigenvalue weighted by Crippen LogP contribution is -2.26. The van der Waals surface area contributed by atoms with Gasteiger partial charge < -0.3 is 19.9 Å². The molecule has 39 heavy (non-hydrogen) atoms. The van der Waals surface area contributed by atoms with E-state index < -0.39 is 0 Å². The topological polar surface area (TPSA) is 89.4 Å². The van der Waals surface area contributed by atoms with Gasteiger partial charge in [0.15, 0.2) is 0 Å². The fourth-order valence-electron chi connectivity index (χ4n) is 4.87. The van der Waals surface area contributed by atoms with E-state index in [4.69, 9.17) is 4.74 Å². The Kier molecular flexibility index (Phi) is 8.68. The molecule has 5 rings (SSSR count). The molecule has 0 spiro atoms. The molecule has 0 fully saturated rings. The summed E-state index contributed by atoms with van der Waals surface area (Å²) in [4.78, 5) is 40.3. The number of anilines is 1. The number of thioether (sulfide) groups is 1. The van der Waals surface area contributed by atoms with Crippen molar-refractivity contribution in [2.45, 2.75) is 44.0 Å². The van der Waals surface area contributed by atoms with Crippen molar-refractivity contribution < 1.29 is 19.1 Å². The maximum atomic E-state index is 13.0. The van der Waals surface area contributed by atoms with Crippen LogP contribution in [0.25, 0.3) is 10.9 Å². The number of aromatic nitrogens is 1. The molecule has 0 bridgehead atoms. The van der Waals surface area contributed by atoms with E-state index in [1.54, 1.807) is 19.1 Å². The third-order valence-electron chi connectivity index (χ3n) is 6.69. The smallest absolute Gasteiger partial charge is 0.341 e. The van der Waals surface area contributed by atoms with Gasteiger partial charge in [0.25, 0.3) is 5.91 Å². The molecule has 0 saturated heterocycles. The van der Waals surface area contributed by atoms with Crippen molar-refractivity contribution in [3.8, 4) is 0 Å². The first-order valence-corrected chi connectivity index (χ1v) is 15.0. The molecule has 2 N–H and O–H groups in total. The number of hydrogen-bond acceptors (Lipinski definition) is 6.